The van der Waals surface area contributed by atoms with Crippen LogP contribution in [0.15, 0.2) is 47.5 Å². The number of nitrogens with one attached hydrogen (secondary N) is 2. The van der Waals surface area contributed by atoms with Crippen molar-refractivity contribution in [3.05, 3.63) is 53.6 Å². The maximum absolute atomic E-state index is 11.8. The first-order chi connectivity index (χ1) is 14.9. The number of methoxy groups -OCH3 is 2. The van der Waals surface area contributed by atoms with Crippen molar-refractivity contribution in [1.29, 1.82) is 0 Å². The minimum atomic E-state index is -0.0424. The van der Waals surface area contributed by atoms with Crippen LogP contribution in [0.3, 0.4) is 0 Å². The number of rotatable bonds is 9. The van der Waals surface area contributed by atoms with Gasteiger partial charge in [0, 0.05) is 38.8 Å². The Hall–Kier alpha value is -2.49. The summed E-state index contributed by atoms with van der Waals surface area (Å²) in [6.07, 6.45) is 0.849. The zero-order chi connectivity index (χ0) is 22.8. The van der Waals surface area contributed by atoms with Gasteiger partial charge in [-0.25, -0.2) is 0 Å². The average molecular weight is 554 g/mol. The smallest absolute Gasteiger partial charge is 0.226 e. The molecule has 0 aliphatic rings. The number of aliphatic imine (C=N–C) groups is 1. The summed E-state index contributed by atoms with van der Waals surface area (Å²) in [5.74, 6) is 2.25. The van der Waals surface area contributed by atoms with E-state index in [0.717, 1.165) is 41.7 Å². The van der Waals surface area contributed by atoms with E-state index in [-0.39, 0.29) is 35.8 Å². The van der Waals surface area contributed by atoms with Crippen LogP contribution in [0.25, 0.3) is 0 Å². The highest BCUT2D eigenvalue weighted by molar-refractivity contribution is 14.0. The highest BCUT2D eigenvalue weighted by Crippen LogP contribution is 2.27. The van der Waals surface area contributed by atoms with Crippen molar-refractivity contribution in [3.8, 4) is 11.5 Å². The Morgan fingerprint density at radius 2 is 1.66 bits per heavy atom. The van der Waals surface area contributed by atoms with Gasteiger partial charge in [-0.1, -0.05) is 32.0 Å². The first-order valence-corrected chi connectivity index (χ1v) is 10.4. The third kappa shape index (κ3) is 8.22. The van der Waals surface area contributed by atoms with Gasteiger partial charge in [0.1, 0.15) is 0 Å². The van der Waals surface area contributed by atoms with E-state index in [1.54, 1.807) is 21.3 Å². The number of benzene rings is 2. The molecule has 0 saturated carbocycles. The lowest BCUT2D eigenvalue weighted by Crippen LogP contribution is -2.39. The van der Waals surface area contributed by atoms with Crippen molar-refractivity contribution in [3.63, 3.8) is 0 Å². The Morgan fingerprint density at radius 1 is 1.03 bits per heavy atom. The summed E-state index contributed by atoms with van der Waals surface area (Å²) < 4.78 is 10.7. The second-order valence-corrected chi connectivity index (χ2v) is 7.60. The molecule has 0 aliphatic heterocycles. The molecule has 0 radical (unpaired) electrons. The molecule has 176 valence electrons. The van der Waals surface area contributed by atoms with E-state index in [9.17, 15) is 4.79 Å². The van der Waals surface area contributed by atoms with Crippen LogP contribution in [-0.2, 0) is 17.8 Å². The van der Waals surface area contributed by atoms with Gasteiger partial charge < -0.3 is 25.0 Å². The molecule has 0 fully saturated rings. The molecule has 0 heterocycles. The number of guanidine groups is 1. The summed E-state index contributed by atoms with van der Waals surface area (Å²) in [4.78, 5) is 18.3. The van der Waals surface area contributed by atoms with Gasteiger partial charge in [-0.15, -0.1) is 24.0 Å². The molecule has 0 aliphatic carbocycles. The third-order valence-corrected chi connectivity index (χ3v) is 4.95. The largest absolute Gasteiger partial charge is 0.493 e. The molecule has 2 rings (SSSR count). The fraction of sp³-hybridized carbons (Fsp3) is 0.417. The van der Waals surface area contributed by atoms with Gasteiger partial charge in [0.05, 0.1) is 14.2 Å². The summed E-state index contributed by atoms with van der Waals surface area (Å²) >= 11 is 0. The third-order valence-electron chi connectivity index (χ3n) is 4.95. The van der Waals surface area contributed by atoms with E-state index in [1.807, 2.05) is 63.4 Å². The van der Waals surface area contributed by atoms with Crippen LogP contribution >= 0.6 is 24.0 Å². The van der Waals surface area contributed by atoms with Crippen LogP contribution in [-0.4, -0.2) is 51.6 Å². The van der Waals surface area contributed by atoms with Gasteiger partial charge in [0.25, 0.3) is 0 Å². The number of hydrogen-bond donors (Lipinski definition) is 2. The first kappa shape index (κ1) is 27.5. The van der Waals surface area contributed by atoms with Crippen LogP contribution in [0.1, 0.15) is 25.0 Å². The molecule has 1 amide bonds. The molecule has 0 bridgehead atoms. The van der Waals surface area contributed by atoms with Crippen molar-refractivity contribution < 1.29 is 14.3 Å². The zero-order valence-electron chi connectivity index (χ0n) is 19.8. The quantitative estimate of drug-likeness (QED) is 0.277. The standard InChI is InChI=1S/C24H34N4O3.HI/c1-17(2)23(29)27-20-10-7-19(8-11-20)16-26-24(25-3)28(4)14-13-18-9-12-21(30-5)22(15-18)31-6;/h7-12,15,17H,13-14,16H2,1-6H3,(H,25,26)(H,27,29);1H. The van der Waals surface area contributed by atoms with E-state index < -0.39 is 0 Å². The fourth-order valence-corrected chi connectivity index (χ4v) is 3.00. The lowest BCUT2D eigenvalue weighted by atomic mass is 10.1. The Bertz CT molecular complexity index is 885. The molecule has 0 saturated heterocycles. The molecule has 2 aromatic carbocycles. The number of nitrogens with zero attached hydrogens (tertiary/aromatic N) is 2. The number of carbonyl (C=O) groups excluding carboxylic acids is 1. The van der Waals surface area contributed by atoms with Crippen LogP contribution < -0.4 is 20.1 Å². The molecule has 0 atom stereocenters. The lowest BCUT2D eigenvalue weighted by molar-refractivity contribution is -0.118. The minimum Gasteiger partial charge on any atom is -0.493 e. The summed E-state index contributed by atoms with van der Waals surface area (Å²) in [7, 11) is 7.07. The first-order valence-electron chi connectivity index (χ1n) is 10.4. The van der Waals surface area contributed by atoms with E-state index in [4.69, 9.17) is 9.47 Å². The molecular weight excluding hydrogens is 519 g/mol. The molecule has 0 aromatic heterocycles. The van der Waals surface area contributed by atoms with Crippen LogP contribution in [0.2, 0.25) is 0 Å². The van der Waals surface area contributed by atoms with E-state index in [0.29, 0.717) is 6.54 Å². The molecule has 0 unspecified atom stereocenters. The molecule has 2 N–H and O–H groups in total. The highest BCUT2D eigenvalue weighted by atomic mass is 127. The highest BCUT2D eigenvalue weighted by Gasteiger charge is 2.09. The van der Waals surface area contributed by atoms with Crippen molar-refractivity contribution in [2.75, 3.05) is 40.2 Å². The Morgan fingerprint density at radius 3 is 2.22 bits per heavy atom. The van der Waals surface area contributed by atoms with Crippen molar-refractivity contribution in [2.45, 2.75) is 26.8 Å². The monoisotopic (exact) mass is 554 g/mol. The molecule has 2 aromatic rings. The summed E-state index contributed by atoms with van der Waals surface area (Å²) in [5.41, 5.74) is 3.08. The van der Waals surface area contributed by atoms with Gasteiger partial charge in [0.15, 0.2) is 17.5 Å². The lowest BCUT2D eigenvalue weighted by Gasteiger charge is -2.22. The van der Waals surface area contributed by atoms with E-state index >= 15 is 0 Å². The van der Waals surface area contributed by atoms with Gasteiger partial charge in [-0.2, -0.15) is 0 Å². The molecule has 0 spiro atoms. The van der Waals surface area contributed by atoms with Crippen molar-refractivity contribution in [2.24, 2.45) is 10.9 Å². The summed E-state index contributed by atoms with van der Waals surface area (Å²) in [6, 6.07) is 13.8. The Balaban J connectivity index is 0.00000512. The molecule has 32 heavy (non-hydrogen) atoms. The van der Waals surface area contributed by atoms with Gasteiger partial charge in [-0.05, 0) is 41.8 Å². The maximum atomic E-state index is 11.8. The molecule has 7 nitrogen and oxygen atoms in total. The SMILES string of the molecule is CN=C(NCc1ccc(NC(=O)C(C)C)cc1)N(C)CCc1ccc(OC)c(OC)c1.I. The Labute approximate surface area is 208 Å². The number of halogens is 1. The number of likely N-dealkylation sites (N-methyl/N-ethyl adjacent to an activating group) is 1. The van der Waals surface area contributed by atoms with Crippen LogP contribution in [0.4, 0.5) is 5.69 Å². The molecular formula is C24H35IN4O3. The summed E-state index contributed by atoms with van der Waals surface area (Å²) in [5, 5.41) is 6.29. The Kier molecular flexibility index (Phi) is 11.9. The van der Waals surface area contributed by atoms with Crippen molar-refractivity contribution in [1.82, 2.24) is 10.2 Å². The second kappa shape index (κ2) is 13.8. The van der Waals surface area contributed by atoms with E-state index in [1.165, 1.54) is 5.56 Å². The number of anilines is 1. The van der Waals surface area contributed by atoms with Crippen LogP contribution in [0, 0.1) is 5.92 Å². The number of carbonyl (C=O) groups is 1. The minimum absolute atomic E-state index is 0. The van der Waals surface area contributed by atoms with Gasteiger partial charge >= 0.3 is 0 Å². The maximum Gasteiger partial charge on any atom is 0.226 e. The van der Waals surface area contributed by atoms with Crippen molar-refractivity contribution >= 4 is 41.5 Å². The normalized spacial score (nSPS) is 10.9. The number of amides is 1. The molecule has 8 heteroatoms. The number of ether oxygens (including phenoxy) is 2. The fourth-order valence-electron chi connectivity index (χ4n) is 3.00. The predicted molar refractivity (Wildman–Crippen MR) is 141 cm³/mol. The predicted octanol–water partition coefficient (Wildman–Crippen LogP) is 4.17. The van der Waals surface area contributed by atoms with Crippen LogP contribution in [0.5, 0.6) is 11.5 Å². The zero-order valence-corrected chi connectivity index (χ0v) is 22.1. The average Bonchev–Trinajstić information content (AvgIpc) is 2.78. The summed E-state index contributed by atoms with van der Waals surface area (Å²) in [6.45, 7) is 5.20. The van der Waals surface area contributed by atoms with E-state index in [2.05, 4.69) is 20.5 Å². The number of hydrogen-bond acceptors (Lipinski definition) is 4. The van der Waals surface area contributed by atoms with Gasteiger partial charge in [-0.3, -0.25) is 9.79 Å². The van der Waals surface area contributed by atoms with Gasteiger partial charge in [0.2, 0.25) is 5.91 Å². The second-order valence-electron chi connectivity index (χ2n) is 7.60. The topological polar surface area (TPSA) is 75.2 Å².